The van der Waals surface area contributed by atoms with E-state index in [1.807, 2.05) is 0 Å². The number of esters is 1. The first-order valence-corrected chi connectivity index (χ1v) is 5.61. The Hall–Kier alpha value is -2.55. The second-order valence-corrected chi connectivity index (χ2v) is 3.58. The van der Waals surface area contributed by atoms with Crippen LogP contribution >= 0.6 is 0 Å². The number of hydrogen-bond donors (Lipinski definition) is 1. The van der Waals surface area contributed by atoms with Gasteiger partial charge in [-0.25, -0.2) is 9.78 Å². The highest BCUT2D eigenvalue weighted by atomic mass is 16.5. The Morgan fingerprint density at radius 2 is 2.26 bits per heavy atom. The van der Waals surface area contributed by atoms with Crippen molar-refractivity contribution in [1.29, 1.82) is 0 Å². The third-order valence-corrected chi connectivity index (χ3v) is 2.19. The van der Waals surface area contributed by atoms with Crippen LogP contribution in [0.5, 0.6) is 0 Å². The van der Waals surface area contributed by atoms with Crippen molar-refractivity contribution in [3.8, 4) is 12.3 Å². The maximum atomic E-state index is 11.4. The number of terminal acetylenes is 1. The van der Waals surface area contributed by atoms with Crippen LogP contribution in [0.4, 0.5) is 5.82 Å². The first-order valence-electron chi connectivity index (χ1n) is 5.61. The standard InChI is InChI=1S/C13H14N2O4/c1-3-7-15(9-12(16)17)11-6-5-10(8-14-11)13(18)19-4-2/h1,5-6,8H,4,7,9H2,2H3,(H,16,17). The summed E-state index contributed by atoms with van der Waals surface area (Å²) in [6.45, 7) is 1.86. The molecule has 0 radical (unpaired) electrons. The van der Waals surface area contributed by atoms with Gasteiger partial charge < -0.3 is 14.7 Å². The predicted octanol–water partition coefficient (Wildman–Crippen LogP) is 0.783. The van der Waals surface area contributed by atoms with Crippen LogP contribution in [0, 0.1) is 12.3 Å². The molecule has 1 aromatic rings. The van der Waals surface area contributed by atoms with Gasteiger partial charge in [0, 0.05) is 6.20 Å². The lowest BCUT2D eigenvalue weighted by atomic mass is 10.3. The summed E-state index contributed by atoms with van der Waals surface area (Å²) < 4.78 is 4.82. The molecule has 0 unspecified atom stereocenters. The number of hydrogen-bond acceptors (Lipinski definition) is 5. The fraction of sp³-hybridized carbons (Fsp3) is 0.308. The highest BCUT2D eigenvalue weighted by Gasteiger charge is 2.12. The zero-order valence-electron chi connectivity index (χ0n) is 10.5. The summed E-state index contributed by atoms with van der Waals surface area (Å²) in [7, 11) is 0. The maximum absolute atomic E-state index is 11.4. The fourth-order valence-electron chi connectivity index (χ4n) is 1.40. The fourth-order valence-corrected chi connectivity index (χ4v) is 1.40. The second-order valence-electron chi connectivity index (χ2n) is 3.58. The van der Waals surface area contributed by atoms with Crippen LogP contribution in [-0.2, 0) is 9.53 Å². The topological polar surface area (TPSA) is 79.7 Å². The van der Waals surface area contributed by atoms with E-state index in [1.54, 1.807) is 6.92 Å². The molecular weight excluding hydrogens is 248 g/mol. The Balaban J connectivity index is 2.86. The molecule has 0 saturated heterocycles. The van der Waals surface area contributed by atoms with Gasteiger partial charge in [0.25, 0.3) is 0 Å². The number of carboxylic acid groups (broad SMARTS) is 1. The zero-order valence-corrected chi connectivity index (χ0v) is 10.5. The molecule has 0 spiro atoms. The Morgan fingerprint density at radius 1 is 1.53 bits per heavy atom. The minimum absolute atomic E-state index is 0.123. The van der Waals surface area contributed by atoms with E-state index in [-0.39, 0.29) is 19.7 Å². The van der Waals surface area contributed by atoms with Crippen molar-refractivity contribution in [2.75, 3.05) is 24.6 Å². The molecule has 19 heavy (non-hydrogen) atoms. The van der Waals surface area contributed by atoms with Crippen LogP contribution in [0.1, 0.15) is 17.3 Å². The number of aliphatic carboxylic acids is 1. The lowest BCUT2D eigenvalue weighted by molar-refractivity contribution is -0.135. The number of aromatic nitrogens is 1. The van der Waals surface area contributed by atoms with E-state index in [0.717, 1.165) is 0 Å². The molecule has 0 aliphatic heterocycles. The molecule has 0 aromatic carbocycles. The van der Waals surface area contributed by atoms with Crippen molar-refractivity contribution in [1.82, 2.24) is 4.98 Å². The maximum Gasteiger partial charge on any atom is 0.339 e. The molecule has 0 atom stereocenters. The predicted molar refractivity (Wildman–Crippen MR) is 68.9 cm³/mol. The van der Waals surface area contributed by atoms with Gasteiger partial charge in [0.05, 0.1) is 18.7 Å². The lowest BCUT2D eigenvalue weighted by Crippen LogP contribution is -2.30. The summed E-state index contributed by atoms with van der Waals surface area (Å²) in [6, 6.07) is 3.05. The number of ether oxygens (including phenoxy) is 1. The molecule has 1 heterocycles. The first-order chi connectivity index (χ1) is 9.08. The third kappa shape index (κ3) is 4.32. The van der Waals surface area contributed by atoms with E-state index in [2.05, 4.69) is 10.9 Å². The molecule has 1 aromatic heterocycles. The van der Waals surface area contributed by atoms with Crippen LogP contribution < -0.4 is 4.90 Å². The van der Waals surface area contributed by atoms with E-state index >= 15 is 0 Å². The van der Waals surface area contributed by atoms with Crippen molar-refractivity contribution in [2.45, 2.75) is 6.92 Å². The first kappa shape index (κ1) is 14.5. The van der Waals surface area contributed by atoms with Gasteiger partial charge in [0.2, 0.25) is 0 Å². The Bertz CT molecular complexity index is 490. The summed E-state index contributed by atoms with van der Waals surface area (Å²) in [5.41, 5.74) is 0.307. The smallest absolute Gasteiger partial charge is 0.339 e. The molecule has 0 aliphatic rings. The normalized spacial score (nSPS) is 9.47. The molecule has 0 amide bonds. The largest absolute Gasteiger partial charge is 0.480 e. The van der Waals surface area contributed by atoms with Gasteiger partial charge in [0.15, 0.2) is 0 Å². The van der Waals surface area contributed by atoms with Crippen LogP contribution in [0.3, 0.4) is 0 Å². The number of pyridine rings is 1. The quantitative estimate of drug-likeness (QED) is 0.603. The van der Waals surface area contributed by atoms with E-state index in [4.69, 9.17) is 16.3 Å². The summed E-state index contributed by atoms with van der Waals surface area (Å²) in [5.74, 6) is 1.28. The summed E-state index contributed by atoms with van der Waals surface area (Å²) in [5, 5.41) is 8.77. The number of carbonyl (C=O) groups is 2. The number of rotatable bonds is 6. The molecule has 0 fully saturated rings. The van der Waals surface area contributed by atoms with Gasteiger partial charge in [0.1, 0.15) is 12.4 Å². The summed E-state index contributed by atoms with van der Waals surface area (Å²) >= 11 is 0. The number of anilines is 1. The Morgan fingerprint density at radius 3 is 2.74 bits per heavy atom. The lowest BCUT2D eigenvalue weighted by Gasteiger charge is -2.18. The average molecular weight is 262 g/mol. The van der Waals surface area contributed by atoms with Gasteiger partial charge in [-0.2, -0.15) is 0 Å². The van der Waals surface area contributed by atoms with E-state index in [0.29, 0.717) is 11.4 Å². The van der Waals surface area contributed by atoms with Crippen molar-refractivity contribution in [2.24, 2.45) is 0 Å². The SMILES string of the molecule is C#CCN(CC(=O)O)c1ccc(C(=O)OCC)cn1. The monoisotopic (exact) mass is 262 g/mol. The number of nitrogens with zero attached hydrogens (tertiary/aromatic N) is 2. The van der Waals surface area contributed by atoms with Gasteiger partial charge in [-0.05, 0) is 19.1 Å². The van der Waals surface area contributed by atoms with E-state index in [9.17, 15) is 9.59 Å². The Labute approximate surface area is 111 Å². The zero-order chi connectivity index (χ0) is 14.3. The Kier molecular flexibility index (Phi) is 5.35. The van der Waals surface area contributed by atoms with Crippen LogP contribution in [0.25, 0.3) is 0 Å². The van der Waals surface area contributed by atoms with Gasteiger partial charge in [-0.3, -0.25) is 4.79 Å². The molecular formula is C13H14N2O4. The van der Waals surface area contributed by atoms with Crippen molar-refractivity contribution in [3.05, 3.63) is 23.9 Å². The number of carbonyl (C=O) groups excluding carboxylic acids is 1. The van der Waals surface area contributed by atoms with Crippen LogP contribution in [-0.4, -0.2) is 41.7 Å². The highest BCUT2D eigenvalue weighted by Crippen LogP contribution is 2.11. The third-order valence-electron chi connectivity index (χ3n) is 2.19. The van der Waals surface area contributed by atoms with Gasteiger partial charge in [-0.15, -0.1) is 6.42 Å². The van der Waals surface area contributed by atoms with Crippen LogP contribution in [0.15, 0.2) is 18.3 Å². The van der Waals surface area contributed by atoms with Crippen molar-refractivity contribution >= 4 is 17.8 Å². The molecule has 100 valence electrons. The van der Waals surface area contributed by atoms with Crippen LogP contribution in [0.2, 0.25) is 0 Å². The minimum atomic E-state index is -1.01. The van der Waals surface area contributed by atoms with Gasteiger partial charge >= 0.3 is 11.9 Å². The second kappa shape index (κ2) is 7.01. The molecule has 6 nitrogen and oxygen atoms in total. The van der Waals surface area contributed by atoms with E-state index in [1.165, 1.54) is 23.2 Å². The van der Waals surface area contributed by atoms with Crippen molar-refractivity contribution in [3.63, 3.8) is 0 Å². The molecule has 0 saturated carbocycles. The molecule has 1 rings (SSSR count). The average Bonchev–Trinajstić information content (AvgIpc) is 2.38. The molecule has 1 N–H and O–H groups in total. The molecule has 0 aliphatic carbocycles. The minimum Gasteiger partial charge on any atom is -0.480 e. The molecule has 6 heteroatoms. The van der Waals surface area contributed by atoms with Crippen molar-refractivity contribution < 1.29 is 19.4 Å². The highest BCUT2D eigenvalue weighted by molar-refractivity contribution is 5.89. The van der Waals surface area contributed by atoms with E-state index < -0.39 is 11.9 Å². The van der Waals surface area contributed by atoms with Gasteiger partial charge in [-0.1, -0.05) is 5.92 Å². The molecule has 0 bridgehead atoms. The number of carboxylic acids is 1. The summed E-state index contributed by atoms with van der Waals surface area (Å²) in [6.07, 6.45) is 6.51. The summed E-state index contributed by atoms with van der Waals surface area (Å²) in [4.78, 5) is 27.6.